The number of methoxy groups -OCH3 is 1. The predicted octanol–water partition coefficient (Wildman–Crippen LogP) is 1.49. The van der Waals surface area contributed by atoms with Crippen LogP contribution >= 0.6 is 0 Å². The predicted molar refractivity (Wildman–Crippen MR) is 69.8 cm³/mol. The first-order valence-electron chi connectivity index (χ1n) is 6.00. The number of phenols is 1. The lowest BCUT2D eigenvalue weighted by molar-refractivity contribution is -0.106. The van der Waals surface area contributed by atoms with E-state index in [1.54, 1.807) is 13.0 Å². The molecule has 1 aromatic carbocycles. The van der Waals surface area contributed by atoms with Gasteiger partial charge in [-0.05, 0) is 25.5 Å². The van der Waals surface area contributed by atoms with Crippen LogP contribution in [0.15, 0.2) is 12.1 Å². The lowest BCUT2D eigenvalue weighted by Gasteiger charge is -2.22. The number of hydrogen-bond acceptors (Lipinski definition) is 6. The average Bonchev–Trinajstić information content (AvgIpc) is 2.38. The van der Waals surface area contributed by atoms with Gasteiger partial charge in [0.2, 0.25) is 0 Å². The molecule has 2 rings (SSSR count). The van der Waals surface area contributed by atoms with Gasteiger partial charge in [0.25, 0.3) is 0 Å². The molecule has 1 aromatic rings. The van der Waals surface area contributed by atoms with Crippen molar-refractivity contribution >= 4 is 18.2 Å². The van der Waals surface area contributed by atoms with Crippen LogP contribution in [0.3, 0.4) is 0 Å². The van der Waals surface area contributed by atoms with Crippen LogP contribution in [0.5, 0.6) is 5.75 Å². The maximum atomic E-state index is 11.6. The van der Waals surface area contributed by atoms with Crippen molar-refractivity contribution in [1.29, 1.82) is 0 Å². The van der Waals surface area contributed by atoms with Gasteiger partial charge in [0.15, 0.2) is 0 Å². The summed E-state index contributed by atoms with van der Waals surface area (Å²) < 4.78 is 9.52. The number of fused-ring (bicyclic) bond motifs is 1. The molecule has 1 aliphatic heterocycles. The third-order valence-corrected chi connectivity index (χ3v) is 2.69. The number of carbonyl (C=O) groups excluding carboxylic acids is 3. The van der Waals surface area contributed by atoms with Gasteiger partial charge in [0.05, 0.1) is 7.11 Å². The molecule has 1 unspecified atom stereocenters. The van der Waals surface area contributed by atoms with Crippen LogP contribution in [0.25, 0.3) is 0 Å². The Morgan fingerprint density at radius 3 is 2.65 bits per heavy atom. The lowest BCUT2D eigenvalue weighted by Crippen LogP contribution is -2.25. The Morgan fingerprint density at radius 2 is 2.10 bits per heavy atom. The maximum Gasteiger partial charge on any atom is 0.342 e. The molecule has 0 fully saturated rings. The zero-order valence-corrected chi connectivity index (χ0v) is 11.5. The van der Waals surface area contributed by atoms with Gasteiger partial charge in [-0.25, -0.2) is 9.59 Å². The highest BCUT2D eigenvalue weighted by Crippen LogP contribution is 2.31. The Kier molecular flexibility index (Phi) is 5.25. The number of carbonyl (C=O) groups is 3. The lowest BCUT2D eigenvalue weighted by atomic mass is 9.96. The number of aldehydes is 1. The number of esters is 2. The molecule has 1 atom stereocenters. The van der Waals surface area contributed by atoms with E-state index >= 15 is 0 Å². The quantitative estimate of drug-likeness (QED) is 0.619. The highest BCUT2D eigenvalue weighted by Gasteiger charge is 2.29. The third kappa shape index (κ3) is 3.14. The SMILES string of the molecule is CC=O.COC(=O)c1ccc2c(c1O)C(=O)OC(C)C2. The monoisotopic (exact) mass is 280 g/mol. The van der Waals surface area contributed by atoms with Crippen LogP contribution in [0, 0.1) is 0 Å². The van der Waals surface area contributed by atoms with Gasteiger partial charge in [-0.15, -0.1) is 0 Å². The number of hydrogen-bond donors (Lipinski definition) is 1. The average molecular weight is 280 g/mol. The summed E-state index contributed by atoms with van der Waals surface area (Å²) >= 11 is 0. The number of aromatic hydroxyl groups is 1. The van der Waals surface area contributed by atoms with Crippen molar-refractivity contribution in [3.8, 4) is 5.75 Å². The minimum Gasteiger partial charge on any atom is -0.506 e. The number of rotatable bonds is 1. The largest absolute Gasteiger partial charge is 0.506 e. The molecule has 1 N–H and O–H groups in total. The Balaban J connectivity index is 0.000000612. The fraction of sp³-hybridized carbons (Fsp3) is 0.357. The minimum atomic E-state index is -0.684. The Labute approximate surface area is 116 Å². The van der Waals surface area contributed by atoms with Crippen LogP contribution in [0.2, 0.25) is 0 Å². The van der Waals surface area contributed by atoms with E-state index in [0.717, 1.165) is 6.29 Å². The summed E-state index contributed by atoms with van der Waals surface area (Å²) in [4.78, 5) is 31.8. The van der Waals surface area contributed by atoms with E-state index in [1.165, 1.54) is 20.1 Å². The fourth-order valence-corrected chi connectivity index (χ4v) is 1.90. The summed E-state index contributed by atoms with van der Waals surface area (Å²) in [6, 6.07) is 3.09. The van der Waals surface area contributed by atoms with Crippen LogP contribution < -0.4 is 0 Å². The molecule has 20 heavy (non-hydrogen) atoms. The van der Waals surface area contributed by atoms with E-state index in [1.807, 2.05) is 0 Å². The van der Waals surface area contributed by atoms with Gasteiger partial charge in [0, 0.05) is 6.42 Å². The summed E-state index contributed by atoms with van der Waals surface area (Å²) in [6.07, 6.45) is 1.05. The minimum absolute atomic E-state index is 0.0299. The first-order chi connectivity index (χ1) is 9.46. The van der Waals surface area contributed by atoms with E-state index in [9.17, 15) is 14.7 Å². The topological polar surface area (TPSA) is 89.9 Å². The second kappa shape index (κ2) is 6.70. The van der Waals surface area contributed by atoms with Gasteiger partial charge in [0.1, 0.15) is 29.3 Å². The van der Waals surface area contributed by atoms with Crippen LogP contribution in [-0.4, -0.2) is 36.5 Å². The van der Waals surface area contributed by atoms with Gasteiger partial charge in [-0.2, -0.15) is 0 Å². The molecule has 108 valence electrons. The standard InChI is InChI=1S/C12H12O5.C2H4O/c1-6-5-7-3-4-8(11(14)16-2)10(13)9(7)12(15)17-6;1-2-3/h3-4,6,13H,5H2,1-2H3;2H,1H3. The Morgan fingerprint density at radius 1 is 1.50 bits per heavy atom. The second-order valence-corrected chi connectivity index (χ2v) is 4.14. The first-order valence-corrected chi connectivity index (χ1v) is 6.00. The van der Waals surface area contributed by atoms with Crippen molar-refractivity contribution in [3.05, 3.63) is 28.8 Å². The van der Waals surface area contributed by atoms with E-state index in [2.05, 4.69) is 4.74 Å². The van der Waals surface area contributed by atoms with E-state index in [4.69, 9.17) is 9.53 Å². The number of ether oxygens (including phenoxy) is 2. The summed E-state index contributed by atoms with van der Waals surface area (Å²) in [5, 5.41) is 9.89. The van der Waals surface area contributed by atoms with Crippen molar-refractivity contribution in [2.75, 3.05) is 7.11 Å². The third-order valence-electron chi connectivity index (χ3n) is 2.69. The van der Waals surface area contributed by atoms with E-state index < -0.39 is 11.9 Å². The molecule has 0 aromatic heterocycles. The molecule has 0 radical (unpaired) electrons. The normalized spacial score (nSPS) is 16.1. The van der Waals surface area contributed by atoms with Crippen molar-refractivity contribution in [3.63, 3.8) is 0 Å². The Hall–Kier alpha value is -2.37. The highest BCUT2D eigenvalue weighted by molar-refractivity contribution is 6.01. The van der Waals surface area contributed by atoms with E-state index in [-0.39, 0.29) is 23.0 Å². The van der Waals surface area contributed by atoms with Gasteiger partial charge in [-0.1, -0.05) is 6.07 Å². The van der Waals surface area contributed by atoms with Gasteiger partial charge < -0.3 is 19.4 Å². The molecule has 0 saturated heterocycles. The van der Waals surface area contributed by atoms with Gasteiger partial charge >= 0.3 is 11.9 Å². The van der Waals surface area contributed by atoms with Crippen molar-refractivity contribution < 1.29 is 29.0 Å². The highest BCUT2D eigenvalue weighted by atomic mass is 16.5. The molecule has 6 nitrogen and oxygen atoms in total. The summed E-state index contributed by atoms with van der Waals surface area (Å²) in [6.45, 7) is 3.21. The zero-order valence-electron chi connectivity index (χ0n) is 11.5. The van der Waals surface area contributed by atoms with E-state index in [0.29, 0.717) is 12.0 Å². The molecular weight excluding hydrogens is 264 g/mol. The number of benzene rings is 1. The first kappa shape index (κ1) is 15.7. The van der Waals surface area contributed by atoms with Gasteiger partial charge in [-0.3, -0.25) is 0 Å². The fourth-order valence-electron chi connectivity index (χ4n) is 1.90. The van der Waals surface area contributed by atoms with Crippen LogP contribution in [0.1, 0.15) is 40.1 Å². The Bertz CT molecular complexity index is 535. The molecule has 1 aliphatic rings. The smallest absolute Gasteiger partial charge is 0.342 e. The molecule has 0 saturated carbocycles. The molecule has 0 spiro atoms. The number of cyclic esters (lactones) is 1. The van der Waals surface area contributed by atoms with Crippen molar-refractivity contribution in [1.82, 2.24) is 0 Å². The maximum absolute atomic E-state index is 11.6. The van der Waals surface area contributed by atoms with Crippen molar-refractivity contribution in [2.45, 2.75) is 26.4 Å². The molecular formula is C14H16O6. The molecule has 0 aliphatic carbocycles. The van der Waals surface area contributed by atoms with Crippen LogP contribution in [-0.2, 0) is 20.7 Å². The summed E-state index contributed by atoms with van der Waals surface area (Å²) in [5.74, 6) is -1.66. The molecule has 1 heterocycles. The summed E-state index contributed by atoms with van der Waals surface area (Å²) in [5.41, 5.74) is 0.711. The molecule has 6 heteroatoms. The molecule has 0 bridgehead atoms. The second-order valence-electron chi connectivity index (χ2n) is 4.14. The van der Waals surface area contributed by atoms with Crippen molar-refractivity contribution in [2.24, 2.45) is 0 Å². The van der Waals surface area contributed by atoms with Crippen LogP contribution in [0.4, 0.5) is 0 Å². The zero-order chi connectivity index (χ0) is 15.3. The summed E-state index contributed by atoms with van der Waals surface area (Å²) in [7, 11) is 1.21. The number of phenolic OH excluding ortho intramolecular Hbond substituents is 1. The molecule has 0 amide bonds.